The van der Waals surface area contributed by atoms with Crippen molar-refractivity contribution in [3.8, 4) is 28.1 Å². The van der Waals surface area contributed by atoms with E-state index < -0.39 is 21.9 Å². The fraction of sp³-hybridized carbons (Fsp3) is 0.167. The molecule has 0 bridgehead atoms. The van der Waals surface area contributed by atoms with E-state index in [1.807, 2.05) is 49.3 Å². The molecule has 35 heavy (non-hydrogen) atoms. The van der Waals surface area contributed by atoms with Crippen LogP contribution in [0.1, 0.15) is 11.3 Å². The van der Waals surface area contributed by atoms with Crippen LogP contribution >= 0.6 is 0 Å². The molecule has 0 atom stereocenters. The summed E-state index contributed by atoms with van der Waals surface area (Å²) >= 11 is 0. The van der Waals surface area contributed by atoms with Crippen LogP contribution in [0.4, 0.5) is 13.2 Å². The average Bonchev–Trinajstić information content (AvgIpc) is 3.25. The normalized spacial score (nSPS) is 12.3. The summed E-state index contributed by atoms with van der Waals surface area (Å²) < 4.78 is 65.5. The van der Waals surface area contributed by atoms with Crippen molar-refractivity contribution in [2.45, 2.75) is 17.6 Å². The Morgan fingerprint density at radius 2 is 1.60 bits per heavy atom. The first-order valence-corrected chi connectivity index (χ1v) is 12.0. The number of hydrogen-bond donors (Lipinski definition) is 1. The van der Waals surface area contributed by atoms with E-state index in [1.165, 1.54) is 28.9 Å². The Hall–Kier alpha value is -3.54. The van der Waals surface area contributed by atoms with Crippen LogP contribution in [0, 0.1) is 0 Å². The molecule has 2 aromatic carbocycles. The summed E-state index contributed by atoms with van der Waals surface area (Å²) in [6, 6.07) is 15.4. The van der Waals surface area contributed by atoms with Crippen LogP contribution in [-0.4, -0.2) is 42.2 Å². The zero-order chi connectivity index (χ0) is 25.4. The maximum absolute atomic E-state index is 13.7. The first kappa shape index (κ1) is 24.6. The van der Waals surface area contributed by atoms with Crippen LogP contribution in [0.15, 0.2) is 78.0 Å². The Morgan fingerprint density at radius 3 is 2.17 bits per heavy atom. The van der Waals surface area contributed by atoms with Gasteiger partial charge in [-0.1, -0.05) is 12.1 Å². The van der Waals surface area contributed by atoms with E-state index in [4.69, 9.17) is 5.14 Å². The third-order valence-corrected chi connectivity index (χ3v) is 6.22. The van der Waals surface area contributed by atoms with Crippen LogP contribution in [-0.2, 0) is 22.7 Å². The molecule has 182 valence electrons. The number of hydrogen-bond acceptors (Lipinski definition) is 5. The summed E-state index contributed by atoms with van der Waals surface area (Å²) in [5, 5.41) is 8.99. The minimum Gasteiger partial charge on any atom is -0.305 e. The first-order valence-electron chi connectivity index (χ1n) is 10.4. The number of halogens is 3. The summed E-state index contributed by atoms with van der Waals surface area (Å²) in [6.45, 7) is 0.475. The van der Waals surface area contributed by atoms with Gasteiger partial charge in [-0.25, -0.2) is 18.2 Å². The van der Waals surface area contributed by atoms with Crippen molar-refractivity contribution >= 4 is 10.0 Å². The molecular formula is C24H22F3N5O2S. The molecule has 11 heteroatoms. The number of pyridine rings is 1. The summed E-state index contributed by atoms with van der Waals surface area (Å²) in [4.78, 5) is 5.78. The monoisotopic (exact) mass is 501 g/mol. The smallest absolute Gasteiger partial charge is 0.305 e. The van der Waals surface area contributed by atoms with E-state index in [2.05, 4.69) is 10.1 Å². The van der Waals surface area contributed by atoms with E-state index in [9.17, 15) is 21.6 Å². The highest BCUT2D eigenvalue weighted by molar-refractivity contribution is 7.89. The number of benzene rings is 2. The molecule has 0 saturated heterocycles. The number of primary sulfonamides is 1. The molecule has 0 saturated carbocycles. The highest BCUT2D eigenvalue weighted by Gasteiger charge is 2.35. The van der Waals surface area contributed by atoms with Crippen molar-refractivity contribution in [2.24, 2.45) is 5.14 Å². The number of sulfonamides is 1. The van der Waals surface area contributed by atoms with Crippen molar-refractivity contribution in [1.29, 1.82) is 0 Å². The van der Waals surface area contributed by atoms with E-state index >= 15 is 0 Å². The molecule has 0 aliphatic rings. The molecule has 0 unspecified atom stereocenters. The third-order valence-electron chi connectivity index (χ3n) is 5.30. The largest absolute Gasteiger partial charge is 0.435 e. The van der Waals surface area contributed by atoms with Gasteiger partial charge >= 0.3 is 6.18 Å². The predicted octanol–water partition coefficient (Wildman–Crippen LogP) is 4.33. The lowest BCUT2D eigenvalue weighted by molar-refractivity contribution is -0.141. The molecule has 0 amide bonds. The van der Waals surface area contributed by atoms with E-state index in [1.54, 1.807) is 12.4 Å². The molecule has 2 aromatic heterocycles. The van der Waals surface area contributed by atoms with Crippen molar-refractivity contribution in [2.75, 3.05) is 14.1 Å². The molecular weight excluding hydrogens is 479 g/mol. The highest BCUT2D eigenvalue weighted by Crippen LogP contribution is 2.36. The van der Waals surface area contributed by atoms with Crippen molar-refractivity contribution in [3.05, 3.63) is 84.3 Å². The Labute approximate surface area is 200 Å². The Kier molecular flexibility index (Phi) is 6.50. The average molecular weight is 502 g/mol. The molecule has 2 heterocycles. The van der Waals surface area contributed by atoms with Gasteiger partial charge in [0.25, 0.3) is 0 Å². The van der Waals surface area contributed by atoms with Gasteiger partial charge in [0.1, 0.15) is 0 Å². The zero-order valence-corrected chi connectivity index (χ0v) is 19.7. The van der Waals surface area contributed by atoms with Crippen LogP contribution in [0.3, 0.4) is 0 Å². The fourth-order valence-electron chi connectivity index (χ4n) is 3.70. The summed E-state index contributed by atoms with van der Waals surface area (Å²) in [6.07, 6.45) is -1.39. The number of rotatable bonds is 6. The van der Waals surface area contributed by atoms with E-state index in [-0.39, 0.29) is 16.3 Å². The SMILES string of the molecule is CN(C)Cc1ccc(-c2ccncc2)cc1-c1cc(C(F)(F)F)nn1-c1ccc(S(N)(=O)=O)cc1. The van der Waals surface area contributed by atoms with Crippen LogP contribution in [0.25, 0.3) is 28.1 Å². The lowest BCUT2D eigenvalue weighted by Crippen LogP contribution is -2.13. The predicted molar refractivity (Wildman–Crippen MR) is 126 cm³/mol. The molecule has 0 spiro atoms. The van der Waals surface area contributed by atoms with Gasteiger partial charge in [0.15, 0.2) is 5.69 Å². The second-order valence-corrected chi connectivity index (χ2v) is 9.77. The Morgan fingerprint density at radius 1 is 0.943 bits per heavy atom. The summed E-state index contributed by atoms with van der Waals surface area (Å²) in [5.74, 6) is 0. The highest BCUT2D eigenvalue weighted by atomic mass is 32.2. The lowest BCUT2D eigenvalue weighted by Gasteiger charge is -2.17. The lowest BCUT2D eigenvalue weighted by atomic mass is 9.97. The van der Waals surface area contributed by atoms with E-state index in [0.717, 1.165) is 22.8 Å². The van der Waals surface area contributed by atoms with Crippen molar-refractivity contribution in [3.63, 3.8) is 0 Å². The molecule has 0 fully saturated rings. The molecule has 4 aromatic rings. The summed E-state index contributed by atoms with van der Waals surface area (Å²) in [5.41, 5.74) is 2.43. The minimum absolute atomic E-state index is 0.154. The molecule has 4 rings (SSSR count). The maximum Gasteiger partial charge on any atom is 0.435 e. The van der Waals surface area contributed by atoms with Gasteiger partial charge in [-0.15, -0.1) is 0 Å². The second-order valence-electron chi connectivity index (χ2n) is 8.21. The first-order chi connectivity index (χ1) is 16.4. The van der Waals surface area contributed by atoms with Gasteiger partial charge < -0.3 is 4.90 Å². The molecule has 2 N–H and O–H groups in total. The fourth-order valence-corrected chi connectivity index (χ4v) is 4.22. The molecule has 7 nitrogen and oxygen atoms in total. The molecule has 0 radical (unpaired) electrons. The number of alkyl halides is 3. The Balaban J connectivity index is 1.95. The topological polar surface area (TPSA) is 94.1 Å². The molecule has 0 aliphatic heterocycles. The van der Waals surface area contributed by atoms with Gasteiger partial charge in [0.05, 0.1) is 16.3 Å². The molecule has 0 aliphatic carbocycles. The number of nitrogens with two attached hydrogens (primary N) is 1. The second kappa shape index (κ2) is 9.25. The zero-order valence-electron chi connectivity index (χ0n) is 18.9. The minimum atomic E-state index is -4.68. The standard InChI is InChI=1S/C24H22F3N5O2S/c1-31(2)15-18-4-3-17(16-9-11-29-12-10-16)13-21(18)22-14-23(24(25,26)27)30-32(22)19-5-7-20(8-6-19)35(28,33)34/h3-14H,15H2,1-2H3,(H2,28,33,34). The third kappa shape index (κ3) is 5.42. The quantitative estimate of drug-likeness (QED) is 0.425. The van der Waals surface area contributed by atoms with Gasteiger partial charge in [-0.05, 0) is 79.3 Å². The van der Waals surface area contributed by atoms with Crippen LogP contribution in [0.2, 0.25) is 0 Å². The van der Waals surface area contributed by atoms with Gasteiger partial charge in [-0.3, -0.25) is 4.98 Å². The van der Waals surface area contributed by atoms with Crippen molar-refractivity contribution in [1.82, 2.24) is 19.7 Å². The number of aromatic nitrogens is 3. The Bertz CT molecular complexity index is 1450. The number of nitrogens with zero attached hydrogens (tertiary/aromatic N) is 4. The summed E-state index contributed by atoms with van der Waals surface area (Å²) in [7, 11) is -0.227. The van der Waals surface area contributed by atoms with Crippen LogP contribution < -0.4 is 5.14 Å². The van der Waals surface area contributed by atoms with Gasteiger partial charge in [0.2, 0.25) is 10.0 Å². The van der Waals surface area contributed by atoms with Crippen molar-refractivity contribution < 1.29 is 21.6 Å². The maximum atomic E-state index is 13.7. The van der Waals surface area contributed by atoms with Gasteiger partial charge in [0, 0.05) is 24.5 Å². The van der Waals surface area contributed by atoms with Crippen LogP contribution in [0.5, 0.6) is 0 Å². The van der Waals surface area contributed by atoms with Gasteiger partial charge in [-0.2, -0.15) is 18.3 Å². The van der Waals surface area contributed by atoms with E-state index in [0.29, 0.717) is 12.1 Å².